The average molecular weight is 226 g/mol. The largest absolute Gasteiger partial charge is 0.411 e. The predicted octanol–water partition coefficient (Wildman–Crippen LogP) is 0.866. The molecule has 0 aromatic carbocycles. The topological polar surface area (TPSA) is 62.1 Å². The number of carbonyl (C=O) groups is 1. The number of oxime groups is 1. The third-order valence-electron chi connectivity index (χ3n) is 3.30. The van der Waals surface area contributed by atoms with Gasteiger partial charge >= 0.3 is 0 Å². The molecule has 0 aliphatic carbocycles. The maximum Gasteiger partial charge on any atom is 0.228 e. The summed E-state index contributed by atoms with van der Waals surface area (Å²) in [7, 11) is 0. The molecule has 1 unspecified atom stereocenters. The molecule has 2 aliphatic heterocycles. The molecule has 2 aliphatic rings. The number of nitrogens with zero attached hydrogens (tertiary/aromatic N) is 2. The van der Waals surface area contributed by atoms with Gasteiger partial charge in [-0.25, -0.2) is 0 Å². The van der Waals surface area contributed by atoms with Gasteiger partial charge in [0.15, 0.2) is 0 Å². The van der Waals surface area contributed by atoms with Crippen LogP contribution >= 0.6 is 0 Å². The normalized spacial score (nSPS) is 26.6. The van der Waals surface area contributed by atoms with Gasteiger partial charge in [0.1, 0.15) is 0 Å². The molecule has 0 aromatic heterocycles. The molecule has 0 bridgehead atoms. The maximum absolute atomic E-state index is 12.1. The summed E-state index contributed by atoms with van der Waals surface area (Å²) in [6.07, 6.45) is 3.30. The Morgan fingerprint density at radius 3 is 2.75 bits per heavy atom. The van der Waals surface area contributed by atoms with E-state index in [1.54, 1.807) is 0 Å². The fraction of sp³-hybridized carbons (Fsp3) is 0.818. The highest BCUT2D eigenvalue weighted by Crippen LogP contribution is 2.18. The first-order chi connectivity index (χ1) is 7.81. The van der Waals surface area contributed by atoms with Gasteiger partial charge in [-0.15, -0.1) is 0 Å². The van der Waals surface area contributed by atoms with Crippen molar-refractivity contribution in [1.29, 1.82) is 0 Å². The standard InChI is InChI=1S/C11H18N2O3/c14-11(9-2-1-7-16-8-9)13-5-3-10(12-15)4-6-13/h9,15H,1-8H2. The van der Waals surface area contributed by atoms with Gasteiger partial charge in [0.25, 0.3) is 0 Å². The quantitative estimate of drug-likeness (QED) is 0.533. The van der Waals surface area contributed by atoms with Crippen molar-refractivity contribution in [3.63, 3.8) is 0 Å². The molecule has 2 fully saturated rings. The van der Waals surface area contributed by atoms with Crippen molar-refractivity contribution in [2.24, 2.45) is 11.1 Å². The van der Waals surface area contributed by atoms with E-state index in [9.17, 15) is 4.79 Å². The zero-order valence-corrected chi connectivity index (χ0v) is 9.39. The van der Waals surface area contributed by atoms with Crippen molar-refractivity contribution in [2.45, 2.75) is 25.7 Å². The Hall–Kier alpha value is -1.10. The van der Waals surface area contributed by atoms with Gasteiger partial charge in [0.2, 0.25) is 5.91 Å². The minimum atomic E-state index is 0.0429. The van der Waals surface area contributed by atoms with Crippen LogP contribution < -0.4 is 0 Å². The number of rotatable bonds is 1. The number of amides is 1. The Bertz CT molecular complexity index is 275. The van der Waals surface area contributed by atoms with E-state index in [0.717, 1.165) is 25.2 Å². The average Bonchev–Trinajstić information content (AvgIpc) is 2.39. The molecule has 0 radical (unpaired) electrons. The highest BCUT2D eigenvalue weighted by atomic mass is 16.5. The van der Waals surface area contributed by atoms with E-state index in [2.05, 4.69) is 5.16 Å². The monoisotopic (exact) mass is 226 g/mol. The van der Waals surface area contributed by atoms with Gasteiger partial charge < -0.3 is 14.8 Å². The van der Waals surface area contributed by atoms with Crippen LogP contribution in [0.3, 0.4) is 0 Å². The van der Waals surface area contributed by atoms with Crippen LogP contribution in [0, 0.1) is 5.92 Å². The summed E-state index contributed by atoms with van der Waals surface area (Å²) in [4.78, 5) is 14.0. The third-order valence-corrected chi connectivity index (χ3v) is 3.30. The molecule has 1 N–H and O–H groups in total. The Morgan fingerprint density at radius 1 is 1.44 bits per heavy atom. The van der Waals surface area contributed by atoms with Crippen LogP contribution in [0.4, 0.5) is 0 Å². The van der Waals surface area contributed by atoms with Crippen LogP contribution in [0.25, 0.3) is 0 Å². The van der Waals surface area contributed by atoms with Gasteiger partial charge in [0, 0.05) is 32.5 Å². The highest BCUT2D eigenvalue weighted by molar-refractivity contribution is 5.87. The van der Waals surface area contributed by atoms with E-state index in [0.29, 0.717) is 32.5 Å². The number of piperidine rings is 1. The number of likely N-dealkylation sites (tertiary alicyclic amines) is 1. The first-order valence-electron chi connectivity index (χ1n) is 5.87. The second-order valence-electron chi connectivity index (χ2n) is 4.41. The lowest BCUT2D eigenvalue weighted by Crippen LogP contribution is -2.44. The van der Waals surface area contributed by atoms with Gasteiger partial charge in [0.05, 0.1) is 18.2 Å². The van der Waals surface area contributed by atoms with Crippen molar-refractivity contribution in [2.75, 3.05) is 26.3 Å². The zero-order valence-electron chi connectivity index (χ0n) is 9.39. The van der Waals surface area contributed by atoms with Gasteiger partial charge in [-0.3, -0.25) is 4.79 Å². The Balaban J connectivity index is 1.85. The summed E-state index contributed by atoms with van der Waals surface area (Å²) in [5.41, 5.74) is 0.795. The molecule has 1 atom stereocenters. The summed E-state index contributed by atoms with van der Waals surface area (Å²) >= 11 is 0. The molecule has 90 valence electrons. The molecule has 0 saturated carbocycles. The molecular formula is C11H18N2O3. The van der Waals surface area contributed by atoms with E-state index in [1.165, 1.54) is 0 Å². The molecule has 16 heavy (non-hydrogen) atoms. The summed E-state index contributed by atoms with van der Waals surface area (Å²) in [5, 5.41) is 11.8. The first-order valence-corrected chi connectivity index (χ1v) is 5.87. The van der Waals surface area contributed by atoms with Crippen LogP contribution in [0.1, 0.15) is 25.7 Å². The molecule has 1 amide bonds. The molecule has 2 rings (SSSR count). The van der Waals surface area contributed by atoms with E-state index in [-0.39, 0.29) is 11.8 Å². The van der Waals surface area contributed by atoms with Crippen molar-refractivity contribution >= 4 is 11.6 Å². The van der Waals surface area contributed by atoms with Crippen LogP contribution in [0.2, 0.25) is 0 Å². The van der Waals surface area contributed by atoms with Crippen LogP contribution in [-0.2, 0) is 9.53 Å². The number of carbonyl (C=O) groups excluding carboxylic acids is 1. The minimum Gasteiger partial charge on any atom is -0.411 e. The number of hydrogen-bond donors (Lipinski definition) is 1. The summed E-state index contributed by atoms with van der Waals surface area (Å²) < 4.78 is 5.33. The van der Waals surface area contributed by atoms with E-state index in [4.69, 9.17) is 9.94 Å². The molecule has 0 aromatic rings. The summed E-state index contributed by atoms with van der Waals surface area (Å²) in [5.74, 6) is 0.248. The highest BCUT2D eigenvalue weighted by Gasteiger charge is 2.28. The first kappa shape index (κ1) is 11.4. The van der Waals surface area contributed by atoms with Crippen LogP contribution in [-0.4, -0.2) is 48.0 Å². The lowest BCUT2D eigenvalue weighted by Gasteiger charge is -2.32. The van der Waals surface area contributed by atoms with Crippen molar-refractivity contribution in [3.8, 4) is 0 Å². The lowest BCUT2D eigenvalue weighted by atomic mass is 9.99. The maximum atomic E-state index is 12.1. The predicted molar refractivity (Wildman–Crippen MR) is 58.6 cm³/mol. The van der Waals surface area contributed by atoms with Gasteiger partial charge in [-0.2, -0.15) is 0 Å². The smallest absolute Gasteiger partial charge is 0.228 e. The molecule has 5 heteroatoms. The van der Waals surface area contributed by atoms with Gasteiger partial charge in [-0.1, -0.05) is 5.16 Å². The second kappa shape index (κ2) is 5.30. The van der Waals surface area contributed by atoms with E-state index >= 15 is 0 Å². The van der Waals surface area contributed by atoms with Crippen molar-refractivity contribution in [3.05, 3.63) is 0 Å². The SMILES string of the molecule is O=C(C1CCCOC1)N1CCC(=NO)CC1. The van der Waals surface area contributed by atoms with E-state index in [1.807, 2.05) is 4.90 Å². The van der Waals surface area contributed by atoms with Crippen LogP contribution in [0.15, 0.2) is 5.16 Å². The van der Waals surface area contributed by atoms with Crippen LogP contribution in [0.5, 0.6) is 0 Å². The number of hydrogen-bond acceptors (Lipinski definition) is 4. The Labute approximate surface area is 95.1 Å². The fourth-order valence-electron chi connectivity index (χ4n) is 2.28. The third kappa shape index (κ3) is 2.52. The zero-order chi connectivity index (χ0) is 11.4. The summed E-state index contributed by atoms with van der Waals surface area (Å²) in [6, 6.07) is 0. The molecule has 2 saturated heterocycles. The lowest BCUT2D eigenvalue weighted by molar-refractivity contribution is -0.139. The second-order valence-corrected chi connectivity index (χ2v) is 4.41. The van der Waals surface area contributed by atoms with Gasteiger partial charge in [-0.05, 0) is 12.8 Å². The Morgan fingerprint density at radius 2 is 2.19 bits per heavy atom. The minimum absolute atomic E-state index is 0.0429. The van der Waals surface area contributed by atoms with Crippen molar-refractivity contribution < 1.29 is 14.7 Å². The van der Waals surface area contributed by atoms with E-state index < -0.39 is 0 Å². The Kier molecular flexibility index (Phi) is 3.77. The molecule has 5 nitrogen and oxygen atoms in total. The number of ether oxygens (including phenoxy) is 1. The fourth-order valence-corrected chi connectivity index (χ4v) is 2.28. The molecular weight excluding hydrogens is 208 g/mol. The van der Waals surface area contributed by atoms with Crippen molar-refractivity contribution in [1.82, 2.24) is 4.90 Å². The molecule has 2 heterocycles. The summed E-state index contributed by atoms with van der Waals surface area (Å²) in [6.45, 7) is 2.70. The molecule has 0 spiro atoms.